The van der Waals surface area contributed by atoms with Crippen molar-refractivity contribution in [2.75, 3.05) is 36.4 Å². The van der Waals surface area contributed by atoms with Crippen molar-refractivity contribution in [3.05, 3.63) is 76.5 Å². The average Bonchev–Trinajstić information content (AvgIpc) is 3.29. The first-order valence-electron chi connectivity index (χ1n) is 9.38. The second-order valence-corrected chi connectivity index (χ2v) is 7.76. The first kappa shape index (κ1) is 19.0. The fourth-order valence-electron chi connectivity index (χ4n) is 3.34. The van der Waals surface area contributed by atoms with Crippen molar-refractivity contribution in [2.45, 2.75) is 0 Å². The molecule has 0 bridgehead atoms. The molecule has 0 saturated carbocycles. The van der Waals surface area contributed by atoms with Crippen LogP contribution in [0.2, 0.25) is 0 Å². The Morgan fingerprint density at radius 2 is 1.69 bits per heavy atom. The molecule has 29 heavy (non-hydrogen) atoms. The quantitative estimate of drug-likeness (QED) is 0.692. The maximum Gasteiger partial charge on any atom is 0.265 e. The normalized spacial score (nSPS) is 13.9. The fraction of sp³-hybridized carbons (Fsp3) is 0.182. The molecule has 3 aromatic rings. The van der Waals surface area contributed by atoms with E-state index in [1.807, 2.05) is 28.5 Å². The third-order valence-corrected chi connectivity index (χ3v) is 5.77. The number of aromatic hydroxyl groups is 1. The van der Waals surface area contributed by atoms with Crippen molar-refractivity contribution in [1.82, 2.24) is 4.90 Å². The monoisotopic (exact) mass is 407 g/mol. The summed E-state index contributed by atoms with van der Waals surface area (Å²) in [5.41, 5.74) is 2.22. The van der Waals surface area contributed by atoms with Crippen LogP contribution in [0.5, 0.6) is 5.75 Å². The topological polar surface area (TPSA) is 72.9 Å². The molecule has 148 valence electrons. The summed E-state index contributed by atoms with van der Waals surface area (Å²) in [7, 11) is 0. The smallest absolute Gasteiger partial charge is 0.265 e. The molecular weight excluding hydrogens is 386 g/mol. The Labute approximate surface area is 173 Å². The lowest BCUT2D eigenvalue weighted by Crippen LogP contribution is -2.48. The number of nitrogens with zero attached hydrogens (tertiary/aromatic N) is 2. The van der Waals surface area contributed by atoms with E-state index in [-0.39, 0.29) is 17.6 Å². The van der Waals surface area contributed by atoms with Crippen molar-refractivity contribution in [3.8, 4) is 5.75 Å². The summed E-state index contributed by atoms with van der Waals surface area (Å²) in [6.45, 7) is 2.66. The first-order valence-corrected chi connectivity index (χ1v) is 10.3. The number of nitrogens with one attached hydrogen (secondary N) is 1. The summed E-state index contributed by atoms with van der Waals surface area (Å²) in [4.78, 5) is 29.6. The van der Waals surface area contributed by atoms with Gasteiger partial charge < -0.3 is 20.2 Å². The fourth-order valence-corrected chi connectivity index (χ4v) is 3.96. The number of piperazine rings is 1. The maximum absolute atomic E-state index is 12.8. The lowest BCUT2D eigenvalue weighted by atomic mass is 10.1. The number of thiophene rings is 1. The number of rotatable bonds is 4. The number of hydrogen-bond donors (Lipinski definition) is 2. The van der Waals surface area contributed by atoms with Crippen molar-refractivity contribution >= 4 is 34.5 Å². The van der Waals surface area contributed by atoms with Crippen LogP contribution in [0, 0.1) is 0 Å². The van der Waals surface area contributed by atoms with Crippen LogP contribution in [0.3, 0.4) is 0 Å². The van der Waals surface area contributed by atoms with Gasteiger partial charge in [0.05, 0.1) is 4.88 Å². The Morgan fingerprint density at radius 3 is 2.34 bits per heavy atom. The lowest BCUT2D eigenvalue weighted by Gasteiger charge is -2.36. The zero-order valence-electron chi connectivity index (χ0n) is 15.7. The number of phenolic OH excluding ortho intramolecular Hbond substituents is 1. The minimum atomic E-state index is -0.151. The van der Waals surface area contributed by atoms with Crippen LogP contribution < -0.4 is 10.2 Å². The number of anilines is 2. The van der Waals surface area contributed by atoms with Gasteiger partial charge in [-0.2, -0.15) is 0 Å². The number of carbonyl (C=O) groups excluding carboxylic acids is 2. The second-order valence-electron chi connectivity index (χ2n) is 6.81. The second kappa shape index (κ2) is 8.36. The number of hydrogen-bond acceptors (Lipinski definition) is 5. The molecule has 2 amide bonds. The molecule has 0 atom stereocenters. The Morgan fingerprint density at radius 1 is 0.931 bits per heavy atom. The molecule has 0 unspecified atom stereocenters. The van der Waals surface area contributed by atoms with Crippen LogP contribution in [0.4, 0.5) is 11.4 Å². The number of phenols is 1. The molecule has 1 fully saturated rings. The standard InChI is InChI=1S/C22H21N3O3S/c26-19-4-1-3-18(15-19)24-10-12-25(13-11-24)22(28)16-6-8-17(9-7-16)23-21(27)20-5-2-14-29-20/h1-9,14-15,26H,10-13H2,(H,23,27). The molecule has 0 spiro atoms. The zero-order valence-corrected chi connectivity index (χ0v) is 16.6. The van der Waals surface area contributed by atoms with Crippen LogP contribution in [-0.4, -0.2) is 48.0 Å². The van der Waals surface area contributed by atoms with E-state index in [4.69, 9.17) is 0 Å². The van der Waals surface area contributed by atoms with Gasteiger partial charge in [-0.3, -0.25) is 9.59 Å². The summed E-state index contributed by atoms with van der Waals surface area (Å²) >= 11 is 1.39. The van der Waals surface area contributed by atoms with Gasteiger partial charge >= 0.3 is 0 Å². The first-order chi connectivity index (χ1) is 14.1. The highest BCUT2D eigenvalue weighted by Crippen LogP contribution is 2.22. The largest absolute Gasteiger partial charge is 0.508 e. The van der Waals surface area contributed by atoms with Crippen LogP contribution in [0.1, 0.15) is 20.0 Å². The molecule has 2 aromatic carbocycles. The van der Waals surface area contributed by atoms with Crippen molar-refractivity contribution in [3.63, 3.8) is 0 Å². The molecular formula is C22H21N3O3S. The molecule has 4 rings (SSSR count). The third kappa shape index (κ3) is 4.41. The Hall–Kier alpha value is -3.32. The number of carbonyl (C=O) groups is 2. The Kier molecular flexibility index (Phi) is 5.48. The molecule has 1 aliphatic rings. The summed E-state index contributed by atoms with van der Waals surface area (Å²) < 4.78 is 0. The summed E-state index contributed by atoms with van der Waals surface area (Å²) in [5, 5.41) is 14.3. The molecule has 0 aliphatic carbocycles. The zero-order chi connectivity index (χ0) is 20.2. The minimum absolute atomic E-state index is 0.0170. The molecule has 2 heterocycles. The molecule has 2 N–H and O–H groups in total. The highest BCUT2D eigenvalue weighted by molar-refractivity contribution is 7.12. The van der Waals surface area contributed by atoms with Gasteiger partial charge in [0.2, 0.25) is 0 Å². The van der Waals surface area contributed by atoms with Crippen LogP contribution in [-0.2, 0) is 0 Å². The Balaban J connectivity index is 1.34. The van der Waals surface area contributed by atoms with Crippen molar-refractivity contribution in [2.24, 2.45) is 0 Å². The molecule has 7 heteroatoms. The molecule has 6 nitrogen and oxygen atoms in total. The number of benzene rings is 2. The van der Waals surface area contributed by atoms with Crippen LogP contribution >= 0.6 is 11.3 Å². The number of amides is 2. The average molecular weight is 407 g/mol. The van der Waals surface area contributed by atoms with Gasteiger partial charge in [0.15, 0.2) is 0 Å². The minimum Gasteiger partial charge on any atom is -0.508 e. The van der Waals surface area contributed by atoms with Gasteiger partial charge in [-0.05, 0) is 47.8 Å². The summed E-state index contributed by atoms with van der Waals surface area (Å²) in [6, 6.07) is 17.8. The van der Waals surface area contributed by atoms with E-state index in [1.165, 1.54) is 11.3 Å². The molecule has 0 radical (unpaired) electrons. The predicted molar refractivity (Wildman–Crippen MR) is 115 cm³/mol. The third-order valence-electron chi connectivity index (χ3n) is 4.90. The van der Waals surface area contributed by atoms with Crippen molar-refractivity contribution < 1.29 is 14.7 Å². The van der Waals surface area contributed by atoms with Gasteiger partial charge in [0.25, 0.3) is 11.8 Å². The van der Waals surface area contributed by atoms with Gasteiger partial charge in [0, 0.05) is 49.2 Å². The Bertz CT molecular complexity index is 994. The van der Waals surface area contributed by atoms with Crippen molar-refractivity contribution in [1.29, 1.82) is 0 Å². The predicted octanol–water partition coefficient (Wildman–Crippen LogP) is 3.67. The highest BCUT2D eigenvalue weighted by atomic mass is 32.1. The van der Waals surface area contributed by atoms with Crippen LogP contribution in [0.15, 0.2) is 66.0 Å². The summed E-state index contributed by atoms with van der Waals surface area (Å²) in [5.74, 6) is 0.0751. The maximum atomic E-state index is 12.8. The van der Waals surface area contributed by atoms with Gasteiger partial charge in [-0.1, -0.05) is 12.1 Å². The molecule has 1 aliphatic heterocycles. The van der Waals surface area contributed by atoms with E-state index < -0.39 is 0 Å². The van der Waals surface area contributed by atoms with E-state index in [1.54, 1.807) is 42.5 Å². The SMILES string of the molecule is O=C(Nc1ccc(C(=O)N2CCN(c3cccc(O)c3)CC2)cc1)c1cccs1. The lowest BCUT2D eigenvalue weighted by molar-refractivity contribution is 0.0746. The van der Waals surface area contributed by atoms with E-state index in [0.717, 1.165) is 5.69 Å². The van der Waals surface area contributed by atoms with E-state index >= 15 is 0 Å². The van der Waals surface area contributed by atoms with Gasteiger partial charge in [0.1, 0.15) is 5.75 Å². The van der Waals surface area contributed by atoms with Gasteiger partial charge in [-0.15, -0.1) is 11.3 Å². The molecule has 1 saturated heterocycles. The van der Waals surface area contributed by atoms with E-state index in [0.29, 0.717) is 42.3 Å². The van der Waals surface area contributed by atoms with E-state index in [9.17, 15) is 14.7 Å². The van der Waals surface area contributed by atoms with Gasteiger partial charge in [-0.25, -0.2) is 0 Å². The highest BCUT2D eigenvalue weighted by Gasteiger charge is 2.22. The van der Waals surface area contributed by atoms with E-state index in [2.05, 4.69) is 10.2 Å². The van der Waals surface area contributed by atoms with Crippen LogP contribution in [0.25, 0.3) is 0 Å². The molecule has 1 aromatic heterocycles. The summed E-state index contributed by atoms with van der Waals surface area (Å²) in [6.07, 6.45) is 0.